The molecular weight excluding hydrogens is 351 g/mol. The average molecular weight is 370 g/mol. The molecule has 138 valence electrons. The summed E-state index contributed by atoms with van der Waals surface area (Å²) in [7, 11) is 0. The van der Waals surface area contributed by atoms with E-state index < -0.39 is 0 Å². The maximum atomic E-state index is 13.7. The topological polar surface area (TPSA) is 57.4 Å². The lowest BCUT2D eigenvalue weighted by molar-refractivity contribution is 0.626. The minimum absolute atomic E-state index is 0.280. The van der Waals surface area contributed by atoms with Crippen LogP contribution in [-0.2, 0) is 0 Å². The zero-order chi connectivity index (χ0) is 19.8. The molecule has 2 aromatic heterocycles. The average Bonchev–Trinajstić information content (AvgIpc) is 3.19. The van der Waals surface area contributed by atoms with Gasteiger partial charge >= 0.3 is 0 Å². The fourth-order valence-electron chi connectivity index (χ4n) is 3.51. The Morgan fingerprint density at radius 1 is 1.14 bits per heavy atom. The van der Waals surface area contributed by atoms with E-state index in [1.165, 1.54) is 12.1 Å². The first-order valence-electron chi connectivity index (χ1n) is 8.99. The fraction of sp³-hybridized carbons (Fsp3) is 0.130. The first-order valence-corrected chi connectivity index (χ1v) is 8.99. The van der Waals surface area contributed by atoms with Crippen LogP contribution in [0.25, 0.3) is 28.4 Å². The molecule has 2 aromatic carbocycles. The van der Waals surface area contributed by atoms with Crippen LogP contribution >= 0.6 is 0 Å². The number of benzene rings is 2. The van der Waals surface area contributed by atoms with Crippen molar-refractivity contribution in [1.29, 1.82) is 5.26 Å². The summed E-state index contributed by atoms with van der Waals surface area (Å²) >= 11 is 0. The van der Waals surface area contributed by atoms with Crippen LogP contribution in [0.5, 0.6) is 0 Å². The summed E-state index contributed by atoms with van der Waals surface area (Å²) in [6.07, 6.45) is 1.82. The maximum Gasteiger partial charge on any atom is 0.149 e. The molecule has 0 atom stereocenters. The molecule has 0 aliphatic heterocycles. The lowest BCUT2D eigenvalue weighted by Crippen LogP contribution is -1.99. The van der Waals surface area contributed by atoms with Crippen molar-refractivity contribution < 1.29 is 4.39 Å². The monoisotopic (exact) mass is 370 g/mol. The van der Waals surface area contributed by atoms with Gasteiger partial charge in [-0.1, -0.05) is 12.1 Å². The number of H-pyrrole nitrogens is 1. The molecule has 0 saturated carbocycles. The van der Waals surface area contributed by atoms with Crippen LogP contribution in [0.1, 0.15) is 28.3 Å². The number of aromatic nitrogens is 3. The number of rotatable bonds is 3. The Hall–Kier alpha value is -3.65. The van der Waals surface area contributed by atoms with Crippen LogP contribution in [0, 0.1) is 37.9 Å². The molecule has 2 heterocycles. The second-order valence-corrected chi connectivity index (χ2v) is 6.92. The van der Waals surface area contributed by atoms with Crippen LogP contribution in [0.4, 0.5) is 4.39 Å². The summed E-state index contributed by atoms with van der Waals surface area (Å²) in [5.41, 5.74) is 6.86. The summed E-state index contributed by atoms with van der Waals surface area (Å²) in [6.45, 7) is 5.94. The molecule has 4 aromatic rings. The molecule has 0 aliphatic rings. The number of nitrogens with zero attached hydrogens (tertiary/aromatic N) is 3. The van der Waals surface area contributed by atoms with Crippen LogP contribution in [0.3, 0.4) is 0 Å². The van der Waals surface area contributed by atoms with E-state index in [-0.39, 0.29) is 5.82 Å². The lowest BCUT2D eigenvalue weighted by Gasteiger charge is -2.09. The van der Waals surface area contributed by atoms with Crippen LogP contribution in [-0.4, -0.2) is 14.5 Å². The first-order chi connectivity index (χ1) is 13.5. The molecule has 5 heteroatoms. The second kappa shape index (κ2) is 6.82. The minimum Gasteiger partial charge on any atom is -0.337 e. The molecule has 0 saturated heterocycles. The van der Waals surface area contributed by atoms with Gasteiger partial charge in [-0.3, -0.25) is 0 Å². The molecule has 0 bridgehead atoms. The highest BCUT2D eigenvalue weighted by atomic mass is 19.1. The first kappa shape index (κ1) is 17.7. The van der Waals surface area contributed by atoms with Crippen molar-refractivity contribution in [3.63, 3.8) is 0 Å². The number of halogens is 1. The number of fused-ring (bicyclic) bond motifs is 1. The summed E-state index contributed by atoms with van der Waals surface area (Å²) in [6, 6.07) is 16.7. The van der Waals surface area contributed by atoms with Crippen LogP contribution in [0.15, 0.2) is 48.5 Å². The van der Waals surface area contributed by atoms with Crippen molar-refractivity contribution in [2.24, 2.45) is 0 Å². The van der Waals surface area contributed by atoms with Gasteiger partial charge in [-0.25, -0.2) is 9.37 Å². The quantitative estimate of drug-likeness (QED) is 0.485. The van der Waals surface area contributed by atoms with Gasteiger partial charge in [0.1, 0.15) is 17.7 Å². The summed E-state index contributed by atoms with van der Waals surface area (Å²) in [4.78, 5) is 7.78. The molecule has 0 fully saturated rings. The Morgan fingerprint density at radius 3 is 2.71 bits per heavy atom. The van der Waals surface area contributed by atoms with Crippen molar-refractivity contribution in [3.8, 4) is 11.8 Å². The molecule has 0 spiro atoms. The Kier molecular flexibility index (Phi) is 4.32. The van der Waals surface area contributed by atoms with E-state index in [9.17, 15) is 9.65 Å². The van der Waals surface area contributed by atoms with Gasteiger partial charge in [0, 0.05) is 17.1 Å². The normalized spacial score (nSPS) is 11.8. The molecule has 1 N–H and O–H groups in total. The third kappa shape index (κ3) is 3.10. The Morgan fingerprint density at radius 2 is 1.96 bits per heavy atom. The number of nitrogens with one attached hydrogen (secondary N) is 1. The highest BCUT2D eigenvalue weighted by molar-refractivity contribution is 5.91. The van der Waals surface area contributed by atoms with E-state index in [0.29, 0.717) is 11.4 Å². The van der Waals surface area contributed by atoms with Gasteiger partial charge < -0.3 is 9.55 Å². The van der Waals surface area contributed by atoms with Gasteiger partial charge in [0.2, 0.25) is 0 Å². The number of aromatic amines is 1. The summed E-state index contributed by atoms with van der Waals surface area (Å²) < 4.78 is 15.6. The highest BCUT2D eigenvalue weighted by Crippen LogP contribution is 2.26. The number of hydrogen-bond acceptors (Lipinski definition) is 2. The number of allylic oxidation sites excluding steroid dienone is 1. The van der Waals surface area contributed by atoms with Gasteiger partial charge in [-0.2, -0.15) is 5.26 Å². The van der Waals surface area contributed by atoms with Gasteiger partial charge in [0.05, 0.1) is 16.6 Å². The molecule has 0 amide bonds. The van der Waals surface area contributed by atoms with E-state index in [1.807, 2.05) is 61.7 Å². The fourth-order valence-corrected chi connectivity index (χ4v) is 3.51. The number of hydrogen-bond donors (Lipinski definition) is 1. The summed E-state index contributed by atoms with van der Waals surface area (Å²) in [5.74, 6) is 0.260. The molecule has 4 rings (SSSR count). The number of imidazole rings is 1. The SMILES string of the molecule is Cc1ccc2nc(/C(C#N)=C\c3cc(C)n(-c4cccc(F)c4)c3C)[nH]c2c1. The highest BCUT2D eigenvalue weighted by Gasteiger charge is 2.13. The Bertz CT molecular complexity index is 1270. The lowest BCUT2D eigenvalue weighted by atomic mass is 10.1. The predicted molar refractivity (Wildman–Crippen MR) is 110 cm³/mol. The third-order valence-corrected chi connectivity index (χ3v) is 4.85. The van der Waals surface area contributed by atoms with E-state index in [2.05, 4.69) is 16.0 Å². The minimum atomic E-state index is -0.280. The van der Waals surface area contributed by atoms with E-state index >= 15 is 0 Å². The molecular formula is C23H19FN4. The van der Waals surface area contributed by atoms with Crippen LogP contribution in [0.2, 0.25) is 0 Å². The van der Waals surface area contributed by atoms with E-state index in [4.69, 9.17) is 0 Å². The van der Waals surface area contributed by atoms with Crippen molar-refractivity contribution in [3.05, 3.63) is 82.7 Å². The van der Waals surface area contributed by atoms with Gasteiger partial charge in [0.15, 0.2) is 0 Å². The van der Waals surface area contributed by atoms with Crippen molar-refractivity contribution >= 4 is 22.7 Å². The zero-order valence-corrected chi connectivity index (χ0v) is 15.9. The van der Waals surface area contributed by atoms with E-state index in [1.54, 1.807) is 6.07 Å². The number of nitriles is 1. The Balaban J connectivity index is 1.80. The van der Waals surface area contributed by atoms with Crippen molar-refractivity contribution in [2.75, 3.05) is 0 Å². The molecule has 0 unspecified atom stereocenters. The molecule has 0 aliphatic carbocycles. The van der Waals surface area contributed by atoms with Gasteiger partial charge in [-0.15, -0.1) is 0 Å². The molecule has 4 nitrogen and oxygen atoms in total. The Labute approximate surface area is 162 Å². The maximum absolute atomic E-state index is 13.7. The van der Waals surface area contributed by atoms with E-state index in [0.717, 1.165) is 39.2 Å². The van der Waals surface area contributed by atoms with Gasteiger partial charge in [0.25, 0.3) is 0 Å². The largest absolute Gasteiger partial charge is 0.337 e. The standard InChI is InChI=1S/C23H19FN4/c1-14-7-8-21-22(9-14)27-23(26-21)18(13-25)11-17-10-15(2)28(16(17)3)20-6-4-5-19(24)12-20/h4-12H,1-3H3,(H,26,27)/b18-11-. The van der Waals surface area contributed by atoms with Crippen molar-refractivity contribution in [1.82, 2.24) is 14.5 Å². The molecule has 0 radical (unpaired) electrons. The zero-order valence-electron chi connectivity index (χ0n) is 15.9. The third-order valence-electron chi connectivity index (χ3n) is 4.85. The second-order valence-electron chi connectivity index (χ2n) is 6.92. The number of aryl methyl sites for hydroxylation is 2. The van der Waals surface area contributed by atoms with Gasteiger partial charge in [-0.05, 0) is 74.4 Å². The molecule has 28 heavy (non-hydrogen) atoms. The predicted octanol–water partition coefficient (Wildman–Crippen LogP) is 5.48. The van der Waals surface area contributed by atoms with Crippen LogP contribution < -0.4 is 0 Å². The smallest absolute Gasteiger partial charge is 0.149 e. The van der Waals surface area contributed by atoms with Crippen molar-refractivity contribution in [2.45, 2.75) is 20.8 Å². The summed E-state index contributed by atoms with van der Waals surface area (Å²) in [5, 5.41) is 9.71.